The van der Waals surface area contributed by atoms with Crippen molar-refractivity contribution in [2.24, 2.45) is 11.8 Å². The third-order valence-corrected chi connectivity index (χ3v) is 8.50. The number of halogens is 1. The van der Waals surface area contributed by atoms with Gasteiger partial charge in [0, 0.05) is 29.2 Å². The number of carbonyl (C=O) groups is 2. The van der Waals surface area contributed by atoms with Gasteiger partial charge in [0.05, 0.1) is 36.0 Å². The minimum atomic E-state index is -1.29. The lowest BCUT2D eigenvalue weighted by atomic mass is 9.75. The number of aliphatic hydroxyl groups excluding tert-OH is 2. The molecule has 7 atom stereocenters. The van der Waals surface area contributed by atoms with Crippen molar-refractivity contribution in [1.29, 1.82) is 0 Å². The number of hydrogen-bond donors (Lipinski definition) is 2. The number of ketones is 1. The normalized spacial score (nSPS) is 36.6. The Hall–Kier alpha value is -1.94. The molecule has 3 heterocycles. The molecule has 1 fully saturated rings. The van der Waals surface area contributed by atoms with Crippen molar-refractivity contribution in [3.63, 3.8) is 0 Å². The van der Waals surface area contributed by atoms with Gasteiger partial charge < -0.3 is 19.7 Å². The number of thiazole rings is 1. The van der Waals surface area contributed by atoms with E-state index in [0.717, 1.165) is 24.8 Å². The molecule has 2 bridgehead atoms. The van der Waals surface area contributed by atoms with E-state index in [9.17, 15) is 24.2 Å². The SMILES string of the molecule is CC[C@@]12CCCC3C=C(C(=O)[C@H](C)[C@H]3O)[C@@H](O)CC(=O)O[C@H](/C(C)=C/c3csc(CF)n3)C[C@@H]1O2. The van der Waals surface area contributed by atoms with Crippen molar-refractivity contribution in [2.45, 2.75) is 96.0 Å². The average Bonchev–Trinajstić information content (AvgIpc) is 3.31. The zero-order chi connectivity index (χ0) is 25.3. The van der Waals surface area contributed by atoms with Crippen molar-refractivity contribution in [2.75, 3.05) is 0 Å². The standard InChI is InChI=1S/C26H34FNO6S/c1-4-26-7-5-6-16-9-18(25(32)15(3)24(16)31)19(29)10-23(30)33-20(11-21(26)34-26)14(2)8-17-13-35-22(12-27)28-17/h8-9,13,15-16,19-21,24,29,31H,4-7,10-12H2,1-3H3/b14-8+/t15-,16?,19+,20+,21+,24-,26-/m1/s1. The van der Waals surface area contributed by atoms with Crippen LogP contribution in [0.3, 0.4) is 0 Å². The molecule has 192 valence electrons. The highest BCUT2D eigenvalue weighted by molar-refractivity contribution is 7.09. The second kappa shape index (κ2) is 10.6. The second-order valence-electron chi connectivity index (χ2n) is 9.97. The second-order valence-corrected chi connectivity index (χ2v) is 10.9. The summed E-state index contributed by atoms with van der Waals surface area (Å²) in [5, 5.41) is 23.5. The van der Waals surface area contributed by atoms with Gasteiger partial charge >= 0.3 is 5.97 Å². The molecule has 2 aliphatic heterocycles. The van der Waals surface area contributed by atoms with E-state index >= 15 is 0 Å². The van der Waals surface area contributed by atoms with Crippen LogP contribution in [0.4, 0.5) is 4.39 Å². The fourth-order valence-corrected chi connectivity index (χ4v) is 5.96. The number of rotatable bonds is 4. The Morgan fingerprint density at radius 2 is 2.14 bits per heavy atom. The van der Waals surface area contributed by atoms with E-state index in [2.05, 4.69) is 11.9 Å². The summed E-state index contributed by atoms with van der Waals surface area (Å²) in [6.45, 7) is 4.94. The average molecular weight is 508 g/mol. The van der Waals surface area contributed by atoms with Crippen LogP contribution in [0.2, 0.25) is 0 Å². The van der Waals surface area contributed by atoms with Crippen molar-refractivity contribution >= 4 is 29.2 Å². The Bertz CT molecular complexity index is 1020. The Labute approximate surface area is 209 Å². The first kappa shape index (κ1) is 26.1. The lowest BCUT2D eigenvalue weighted by Gasteiger charge is -2.32. The summed E-state index contributed by atoms with van der Waals surface area (Å²) in [6, 6.07) is 0. The first-order chi connectivity index (χ1) is 16.7. The number of cyclic esters (lactones) is 1. The number of ether oxygens (including phenoxy) is 2. The van der Waals surface area contributed by atoms with E-state index in [1.54, 1.807) is 24.5 Å². The zero-order valence-electron chi connectivity index (χ0n) is 20.4. The molecule has 4 rings (SSSR count). The van der Waals surface area contributed by atoms with E-state index in [4.69, 9.17) is 9.47 Å². The van der Waals surface area contributed by atoms with Gasteiger partial charge in [0.2, 0.25) is 0 Å². The highest BCUT2D eigenvalue weighted by Crippen LogP contribution is 2.48. The zero-order valence-corrected chi connectivity index (χ0v) is 21.2. The molecule has 0 radical (unpaired) electrons. The number of hydrogen-bond acceptors (Lipinski definition) is 8. The molecule has 0 spiro atoms. The monoisotopic (exact) mass is 507 g/mol. The molecular formula is C26H34FNO6S. The third kappa shape index (κ3) is 5.58. The fourth-order valence-electron chi connectivity index (χ4n) is 5.36. The minimum absolute atomic E-state index is 0.0822. The largest absolute Gasteiger partial charge is 0.458 e. The topological polar surface area (TPSA) is 109 Å². The van der Waals surface area contributed by atoms with Gasteiger partial charge in [0.15, 0.2) is 5.78 Å². The van der Waals surface area contributed by atoms with E-state index < -0.39 is 36.9 Å². The van der Waals surface area contributed by atoms with Crippen LogP contribution >= 0.6 is 11.3 Å². The Kier molecular flexibility index (Phi) is 7.90. The van der Waals surface area contributed by atoms with Crippen LogP contribution in [-0.2, 0) is 25.7 Å². The summed E-state index contributed by atoms with van der Waals surface area (Å²) in [7, 11) is 0. The summed E-state index contributed by atoms with van der Waals surface area (Å²) in [5.41, 5.74) is 1.23. The van der Waals surface area contributed by atoms with Crippen LogP contribution in [-0.4, -0.2) is 57.0 Å². The first-order valence-electron chi connectivity index (χ1n) is 12.3. The summed E-state index contributed by atoms with van der Waals surface area (Å²) in [6.07, 6.45) is 3.82. The molecule has 3 aliphatic rings. The Morgan fingerprint density at radius 1 is 1.37 bits per heavy atom. The van der Waals surface area contributed by atoms with Gasteiger partial charge in [-0.25, -0.2) is 9.37 Å². The lowest BCUT2D eigenvalue weighted by molar-refractivity contribution is -0.149. The van der Waals surface area contributed by atoms with Gasteiger partial charge in [-0.15, -0.1) is 11.3 Å². The van der Waals surface area contributed by atoms with E-state index in [0.29, 0.717) is 23.5 Å². The van der Waals surface area contributed by atoms with Crippen LogP contribution < -0.4 is 0 Å². The van der Waals surface area contributed by atoms with Crippen LogP contribution in [0.25, 0.3) is 6.08 Å². The van der Waals surface area contributed by atoms with Gasteiger partial charge in [-0.2, -0.15) is 0 Å². The number of epoxide rings is 1. The molecule has 2 N–H and O–H groups in total. The maximum absolute atomic E-state index is 12.9. The highest BCUT2D eigenvalue weighted by Gasteiger charge is 2.55. The Balaban J connectivity index is 1.60. The predicted molar refractivity (Wildman–Crippen MR) is 129 cm³/mol. The number of nitrogens with zero attached hydrogens (tertiary/aromatic N) is 1. The fraction of sp³-hybridized carbons (Fsp3) is 0.654. The van der Waals surface area contributed by atoms with E-state index in [1.165, 1.54) is 11.3 Å². The van der Waals surface area contributed by atoms with Gasteiger partial charge in [-0.1, -0.05) is 19.9 Å². The molecule has 1 aliphatic carbocycles. The maximum Gasteiger partial charge on any atom is 0.309 e. The number of esters is 1. The van der Waals surface area contributed by atoms with Gasteiger partial charge in [-0.05, 0) is 44.3 Å². The van der Waals surface area contributed by atoms with Gasteiger partial charge in [-0.3, -0.25) is 9.59 Å². The third-order valence-electron chi connectivity index (χ3n) is 7.67. The molecule has 7 nitrogen and oxygen atoms in total. The molecule has 0 saturated carbocycles. The summed E-state index contributed by atoms with van der Waals surface area (Å²) < 4.78 is 24.9. The molecule has 9 heteroatoms. The van der Waals surface area contributed by atoms with Crippen LogP contribution in [0.15, 0.2) is 22.6 Å². The quantitative estimate of drug-likeness (QED) is 0.470. The van der Waals surface area contributed by atoms with Crippen LogP contribution in [0.5, 0.6) is 0 Å². The van der Waals surface area contributed by atoms with Crippen molar-refractivity contribution in [1.82, 2.24) is 4.98 Å². The van der Waals surface area contributed by atoms with Crippen molar-refractivity contribution in [3.05, 3.63) is 33.3 Å². The molecule has 0 amide bonds. The molecule has 1 saturated heterocycles. The molecule has 1 aromatic rings. The predicted octanol–water partition coefficient (Wildman–Crippen LogP) is 3.92. The molecule has 1 aromatic heterocycles. The minimum Gasteiger partial charge on any atom is -0.458 e. The molecule has 0 aromatic carbocycles. The maximum atomic E-state index is 12.9. The number of aliphatic hydroxyl groups is 2. The van der Waals surface area contributed by atoms with Crippen molar-refractivity contribution < 1.29 is 33.7 Å². The summed E-state index contributed by atoms with van der Waals surface area (Å²) in [5.74, 6) is -1.87. The van der Waals surface area contributed by atoms with Crippen molar-refractivity contribution in [3.8, 4) is 0 Å². The Morgan fingerprint density at radius 3 is 2.83 bits per heavy atom. The molecule has 35 heavy (non-hydrogen) atoms. The van der Waals surface area contributed by atoms with Gasteiger partial charge in [0.25, 0.3) is 0 Å². The number of Topliss-reactive ketones (excluding diaryl/α,β-unsaturated/α-hetero) is 1. The highest BCUT2D eigenvalue weighted by atomic mass is 32.1. The van der Waals surface area contributed by atoms with Crippen LogP contribution in [0, 0.1) is 11.8 Å². The molecular weight excluding hydrogens is 473 g/mol. The van der Waals surface area contributed by atoms with E-state index in [-0.39, 0.29) is 35.4 Å². The number of carbonyl (C=O) groups excluding carboxylic acids is 2. The number of fused-ring (bicyclic) bond motifs is 2. The van der Waals surface area contributed by atoms with Crippen LogP contribution in [0.1, 0.15) is 70.0 Å². The smallest absolute Gasteiger partial charge is 0.309 e. The lowest BCUT2D eigenvalue weighted by Crippen LogP contribution is -2.40. The van der Waals surface area contributed by atoms with E-state index in [1.807, 2.05) is 6.92 Å². The summed E-state index contributed by atoms with van der Waals surface area (Å²) in [4.78, 5) is 29.8. The van der Waals surface area contributed by atoms with Gasteiger partial charge in [0.1, 0.15) is 17.8 Å². The first-order valence-corrected chi connectivity index (χ1v) is 13.2. The number of aromatic nitrogens is 1. The molecule has 1 unspecified atom stereocenters. The summed E-state index contributed by atoms with van der Waals surface area (Å²) >= 11 is 1.23. The number of alkyl halides is 1.